The maximum Gasteiger partial charge on any atom is 0.256 e. The zero-order valence-corrected chi connectivity index (χ0v) is 13.0. The summed E-state index contributed by atoms with van der Waals surface area (Å²) < 4.78 is 0.802. The molecule has 98 valence electrons. The molecule has 0 aliphatic carbocycles. The van der Waals surface area contributed by atoms with E-state index in [0.29, 0.717) is 16.3 Å². The first-order valence-electron chi connectivity index (χ1n) is 5.81. The number of hydrogen-bond donors (Lipinski definition) is 1. The minimum atomic E-state index is -0.179. The van der Waals surface area contributed by atoms with Crippen molar-refractivity contribution < 1.29 is 4.79 Å². The van der Waals surface area contributed by atoms with Gasteiger partial charge < -0.3 is 5.32 Å². The van der Waals surface area contributed by atoms with Crippen molar-refractivity contribution in [1.82, 2.24) is 0 Å². The number of aryl methyl sites for hydroxylation is 2. The molecule has 1 amide bonds. The van der Waals surface area contributed by atoms with Gasteiger partial charge in [0.1, 0.15) is 0 Å². The van der Waals surface area contributed by atoms with Gasteiger partial charge in [0.05, 0.1) is 16.3 Å². The Morgan fingerprint density at radius 2 is 1.95 bits per heavy atom. The van der Waals surface area contributed by atoms with E-state index in [4.69, 9.17) is 11.6 Å². The first-order chi connectivity index (χ1) is 8.99. The van der Waals surface area contributed by atoms with Gasteiger partial charge in [0, 0.05) is 4.47 Å². The Morgan fingerprint density at radius 3 is 2.63 bits per heavy atom. The lowest BCUT2D eigenvalue weighted by Crippen LogP contribution is -2.13. The number of carbonyl (C=O) groups is 1. The van der Waals surface area contributed by atoms with Gasteiger partial charge in [-0.05, 0) is 59.1 Å². The summed E-state index contributed by atoms with van der Waals surface area (Å²) in [5, 5.41) is 3.36. The summed E-state index contributed by atoms with van der Waals surface area (Å²) in [6.07, 6.45) is 0. The van der Waals surface area contributed by atoms with Crippen LogP contribution in [0.2, 0.25) is 5.02 Å². The van der Waals surface area contributed by atoms with Gasteiger partial charge in [0.25, 0.3) is 5.91 Å². The molecule has 2 aromatic rings. The molecule has 0 aliphatic rings. The fraction of sp³-hybridized carbons (Fsp3) is 0.133. The third kappa shape index (κ3) is 3.17. The highest BCUT2D eigenvalue weighted by Gasteiger charge is 2.12. The molecule has 0 unspecified atom stereocenters. The van der Waals surface area contributed by atoms with Gasteiger partial charge in [0.2, 0.25) is 0 Å². The smallest absolute Gasteiger partial charge is 0.256 e. The summed E-state index contributed by atoms with van der Waals surface area (Å²) in [5.41, 5.74) is 3.28. The maximum absolute atomic E-state index is 12.2. The van der Waals surface area contributed by atoms with Crippen LogP contribution < -0.4 is 5.32 Å². The fourth-order valence-corrected chi connectivity index (χ4v) is 2.46. The minimum Gasteiger partial charge on any atom is -0.321 e. The monoisotopic (exact) mass is 337 g/mol. The van der Waals surface area contributed by atoms with Crippen LogP contribution in [0.4, 0.5) is 5.69 Å². The topological polar surface area (TPSA) is 29.1 Å². The van der Waals surface area contributed by atoms with Crippen molar-refractivity contribution in [3.8, 4) is 0 Å². The average Bonchev–Trinajstić information content (AvgIpc) is 2.36. The van der Waals surface area contributed by atoms with Gasteiger partial charge in [0.15, 0.2) is 0 Å². The van der Waals surface area contributed by atoms with Crippen molar-refractivity contribution in [1.29, 1.82) is 0 Å². The van der Waals surface area contributed by atoms with Crippen molar-refractivity contribution in [2.45, 2.75) is 13.8 Å². The van der Waals surface area contributed by atoms with Crippen LogP contribution in [0.1, 0.15) is 21.5 Å². The Balaban J connectivity index is 2.28. The second kappa shape index (κ2) is 5.76. The highest BCUT2D eigenvalue weighted by atomic mass is 79.9. The molecule has 0 fully saturated rings. The molecule has 1 N–H and O–H groups in total. The number of rotatable bonds is 2. The van der Waals surface area contributed by atoms with Gasteiger partial charge in [-0.25, -0.2) is 0 Å². The number of hydrogen-bond acceptors (Lipinski definition) is 1. The number of carbonyl (C=O) groups excluding carboxylic acids is 1. The lowest BCUT2D eigenvalue weighted by molar-refractivity contribution is 0.102. The zero-order valence-electron chi connectivity index (χ0n) is 10.6. The van der Waals surface area contributed by atoms with Gasteiger partial charge in [-0.1, -0.05) is 29.8 Å². The van der Waals surface area contributed by atoms with Crippen LogP contribution in [-0.4, -0.2) is 5.91 Å². The molecule has 0 saturated heterocycles. The minimum absolute atomic E-state index is 0.179. The second-order valence-corrected chi connectivity index (χ2v) is 5.57. The van der Waals surface area contributed by atoms with Crippen molar-refractivity contribution in [3.05, 3.63) is 62.6 Å². The van der Waals surface area contributed by atoms with Crippen LogP contribution in [0.15, 0.2) is 40.9 Å². The second-order valence-electron chi connectivity index (χ2n) is 4.37. The number of anilines is 1. The van der Waals surface area contributed by atoms with Gasteiger partial charge in [-0.2, -0.15) is 0 Å². The molecule has 0 saturated carbocycles. The molecule has 0 aliphatic heterocycles. The predicted octanol–water partition coefficient (Wildman–Crippen LogP) is 4.97. The predicted molar refractivity (Wildman–Crippen MR) is 83.0 cm³/mol. The van der Waals surface area contributed by atoms with E-state index in [1.165, 1.54) is 0 Å². The normalized spacial score (nSPS) is 10.3. The number of halogens is 2. The molecule has 0 aromatic heterocycles. The molecule has 0 bridgehead atoms. The summed E-state index contributed by atoms with van der Waals surface area (Å²) in [7, 11) is 0. The molecule has 2 rings (SSSR count). The summed E-state index contributed by atoms with van der Waals surface area (Å²) >= 11 is 9.54. The number of nitrogens with one attached hydrogen (secondary N) is 1. The Hall–Kier alpha value is -1.32. The van der Waals surface area contributed by atoms with E-state index >= 15 is 0 Å². The largest absolute Gasteiger partial charge is 0.321 e. The molecule has 0 heterocycles. The van der Waals surface area contributed by atoms with Crippen LogP contribution in [0.3, 0.4) is 0 Å². The third-order valence-electron chi connectivity index (χ3n) is 2.81. The van der Waals surface area contributed by atoms with Crippen molar-refractivity contribution in [2.24, 2.45) is 0 Å². The summed E-state index contributed by atoms with van der Waals surface area (Å²) in [6.45, 7) is 3.90. The standard InChI is InChI=1S/C15H13BrClNO/c1-9-6-7-13(12(17)8-9)18-15(19)11-5-3-4-10(2)14(11)16/h3-8H,1-2H3,(H,18,19). The highest BCUT2D eigenvalue weighted by molar-refractivity contribution is 9.10. The summed E-state index contributed by atoms with van der Waals surface area (Å²) in [4.78, 5) is 12.2. The van der Waals surface area contributed by atoms with Crippen LogP contribution in [0.25, 0.3) is 0 Å². The van der Waals surface area contributed by atoms with Crippen LogP contribution >= 0.6 is 27.5 Å². The van der Waals surface area contributed by atoms with Crippen molar-refractivity contribution in [2.75, 3.05) is 5.32 Å². The molecule has 2 aromatic carbocycles. The lowest BCUT2D eigenvalue weighted by atomic mass is 10.1. The lowest BCUT2D eigenvalue weighted by Gasteiger charge is -2.10. The Kier molecular flexibility index (Phi) is 4.27. The van der Waals surface area contributed by atoms with E-state index < -0.39 is 0 Å². The van der Waals surface area contributed by atoms with E-state index in [1.807, 2.05) is 38.1 Å². The number of benzene rings is 2. The molecular weight excluding hydrogens is 326 g/mol. The third-order valence-corrected chi connectivity index (χ3v) is 4.17. The molecule has 2 nitrogen and oxygen atoms in total. The van der Waals surface area contributed by atoms with Crippen LogP contribution in [-0.2, 0) is 0 Å². The first kappa shape index (κ1) is 14.1. The molecule has 0 atom stereocenters. The Labute approximate surface area is 125 Å². The summed E-state index contributed by atoms with van der Waals surface area (Å²) in [6, 6.07) is 11.1. The fourth-order valence-electron chi connectivity index (χ4n) is 1.73. The van der Waals surface area contributed by atoms with E-state index in [0.717, 1.165) is 15.6 Å². The Bertz CT molecular complexity index is 640. The number of amides is 1. The molecule has 19 heavy (non-hydrogen) atoms. The molecule has 0 radical (unpaired) electrons. The first-order valence-corrected chi connectivity index (χ1v) is 6.99. The van der Waals surface area contributed by atoms with Gasteiger partial charge in [-0.15, -0.1) is 0 Å². The van der Waals surface area contributed by atoms with Crippen LogP contribution in [0.5, 0.6) is 0 Å². The molecular formula is C15H13BrClNO. The SMILES string of the molecule is Cc1ccc(NC(=O)c2cccc(C)c2Br)c(Cl)c1. The van der Waals surface area contributed by atoms with E-state index in [-0.39, 0.29) is 5.91 Å². The highest BCUT2D eigenvalue weighted by Crippen LogP contribution is 2.26. The quantitative estimate of drug-likeness (QED) is 0.823. The molecule has 4 heteroatoms. The van der Waals surface area contributed by atoms with E-state index in [1.54, 1.807) is 12.1 Å². The maximum atomic E-state index is 12.2. The zero-order chi connectivity index (χ0) is 14.0. The van der Waals surface area contributed by atoms with Crippen molar-refractivity contribution in [3.63, 3.8) is 0 Å². The van der Waals surface area contributed by atoms with Crippen molar-refractivity contribution >= 4 is 39.1 Å². The van der Waals surface area contributed by atoms with Gasteiger partial charge in [-0.3, -0.25) is 4.79 Å². The average molecular weight is 339 g/mol. The summed E-state index contributed by atoms with van der Waals surface area (Å²) in [5.74, 6) is -0.179. The van der Waals surface area contributed by atoms with Crippen LogP contribution in [0, 0.1) is 13.8 Å². The van der Waals surface area contributed by atoms with Gasteiger partial charge >= 0.3 is 0 Å². The van der Waals surface area contributed by atoms with E-state index in [9.17, 15) is 4.79 Å². The Morgan fingerprint density at radius 1 is 1.21 bits per heavy atom. The molecule has 0 spiro atoms. The van der Waals surface area contributed by atoms with E-state index in [2.05, 4.69) is 21.2 Å².